The first kappa shape index (κ1) is 18.7. The molecule has 1 aromatic rings. The van der Waals surface area contributed by atoms with Crippen molar-refractivity contribution in [2.45, 2.75) is 64.3 Å². The van der Waals surface area contributed by atoms with Crippen molar-refractivity contribution in [2.24, 2.45) is 17.6 Å². The van der Waals surface area contributed by atoms with E-state index in [1.165, 1.54) is 12.8 Å². The fourth-order valence-electron chi connectivity index (χ4n) is 3.22. The van der Waals surface area contributed by atoms with Gasteiger partial charge >= 0.3 is 0 Å². The van der Waals surface area contributed by atoms with Gasteiger partial charge in [-0.3, -0.25) is 9.59 Å². The van der Waals surface area contributed by atoms with Gasteiger partial charge in [0.05, 0.1) is 6.61 Å². The number of nitrogens with two attached hydrogens (primary N) is 1. The molecule has 0 radical (unpaired) electrons. The smallest absolute Gasteiger partial charge is 0.270 e. The molecule has 1 aromatic heterocycles. The van der Waals surface area contributed by atoms with Gasteiger partial charge in [-0.1, -0.05) is 19.9 Å². The van der Waals surface area contributed by atoms with Crippen molar-refractivity contribution in [3.05, 3.63) is 23.4 Å². The van der Waals surface area contributed by atoms with Crippen molar-refractivity contribution in [2.75, 3.05) is 6.61 Å². The molecule has 2 aliphatic rings. The fourth-order valence-corrected chi connectivity index (χ4v) is 3.22. The molecule has 6 heteroatoms. The summed E-state index contributed by atoms with van der Waals surface area (Å²) < 4.78 is 5.91. The number of carbonyl (C=O) groups excluding carboxylic acids is 2. The van der Waals surface area contributed by atoms with Crippen LogP contribution in [0.5, 0.6) is 5.88 Å². The number of amides is 2. The minimum absolute atomic E-state index is 0.218. The van der Waals surface area contributed by atoms with E-state index < -0.39 is 17.4 Å². The maximum atomic E-state index is 12.7. The van der Waals surface area contributed by atoms with Crippen LogP contribution in [0, 0.1) is 11.8 Å². The van der Waals surface area contributed by atoms with Crippen LogP contribution < -0.4 is 15.8 Å². The lowest BCUT2D eigenvalue weighted by molar-refractivity contribution is -0.124. The molecule has 3 N–H and O–H groups in total. The van der Waals surface area contributed by atoms with E-state index in [-0.39, 0.29) is 11.6 Å². The Kier molecular flexibility index (Phi) is 5.21. The number of rotatable bonds is 9. The standard InChI is InChI=1S/C20H29N3O3/c1-12(2)10-20(3,19(21)25)23-17(24)16-9-8-15(14-6-7-14)18(22-16)26-11-13-4-5-13/h8-9,12-14H,4-7,10-11H2,1-3H3,(H2,21,25)(H,23,24). The Hall–Kier alpha value is -2.11. The molecule has 1 heterocycles. The second kappa shape index (κ2) is 7.25. The predicted molar refractivity (Wildman–Crippen MR) is 99.0 cm³/mol. The van der Waals surface area contributed by atoms with Gasteiger partial charge in [-0.15, -0.1) is 0 Å². The van der Waals surface area contributed by atoms with Crippen molar-refractivity contribution in [1.29, 1.82) is 0 Å². The maximum absolute atomic E-state index is 12.7. The van der Waals surface area contributed by atoms with Gasteiger partial charge in [0.2, 0.25) is 11.8 Å². The lowest BCUT2D eigenvalue weighted by atomic mass is 9.90. The van der Waals surface area contributed by atoms with Crippen LogP contribution in [0.25, 0.3) is 0 Å². The zero-order chi connectivity index (χ0) is 18.9. The van der Waals surface area contributed by atoms with Crippen molar-refractivity contribution in [1.82, 2.24) is 10.3 Å². The molecule has 0 spiro atoms. The topological polar surface area (TPSA) is 94.3 Å². The number of carbonyl (C=O) groups is 2. The summed E-state index contributed by atoms with van der Waals surface area (Å²) in [4.78, 5) is 29.1. The quantitative estimate of drug-likeness (QED) is 0.709. The summed E-state index contributed by atoms with van der Waals surface area (Å²) >= 11 is 0. The van der Waals surface area contributed by atoms with Crippen molar-refractivity contribution in [3.63, 3.8) is 0 Å². The molecule has 0 aromatic carbocycles. The van der Waals surface area contributed by atoms with E-state index in [2.05, 4.69) is 10.3 Å². The first-order valence-corrected chi connectivity index (χ1v) is 9.54. The van der Waals surface area contributed by atoms with Crippen molar-refractivity contribution < 1.29 is 14.3 Å². The van der Waals surface area contributed by atoms with Gasteiger partial charge in [0.25, 0.3) is 5.91 Å². The van der Waals surface area contributed by atoms with Gasteiger partial charge in [0, 0.05) is 5.56 Å². The Labute approximate surface area is 154 Å². The Bertz CT molecular complexity index is 696. The van der Waals surface area contributed by atoms with Crippen LogP contribution in [0.1, 0.15) is 74.8 Å². The summed E-state index contributed by atoms with van der Waals surface area (Å²) in [5, 5.41) is 2.78. The van der Waals surface area contributed by atoms with Crippen LogP contribution in [-0.2, 0) is 4.79 Å². The lowest BCUT2D eigenvalue weighted by Crippen LogP contribution is -2.56. The molecular formula is C20H29N3O3. The third-order valence-corrected chi connectivity index (χ3v) is 5.04. The molecule has 2 fully saturated rings. The van der Waals surface area contributed by atoms with Gasteiger partial charge in [-0.2, -0.15) is 0 Å². The summed E-state index contributed by atoms with van der Waals surface area (Å²) in [5.74, 6) is 0.952. The zero-order valence-corrected chi connectivity index (χ0v) is 15.9. The van der Waals surface area contributed by atoms with E-state index in [1.807, 2.05) is 19.9 Å². The fraction of sp³-hybridized carbons (Fsp3) is 0.650. The molecule has 0 aliphatic heterocycles. The zero-order valence-electron chi connectivity index (χ0n) is 15.9. The molecule has 2 saturated carbocycles. The Morgan fingerprint density at radius 3 is 2.54 bits per heavy atom. The van der Waals surface area contributed by atoms with Crippen molar-refractivity contribution >= 4 is 11.8 Å². The molecule has 2 amide bonds. The Morgan fingerprint density at radius 2 is 2.00 bits per heavy atom. The minimum Gasteiger partial charge on any atom is -0.477 e. The highest BCUT2D eigenvalue weighted by Crippen LogP contribution is 2.44. The highest BCUT2D eigenvalue weighted by molar-refractivity contribution is 5.97. The number of aromatic nitrogens is 1. The molecule has 1 atom stereocenters. The summed E-state index contributed by atoms with van der Waals surface area (Å²) in [5.41, 5.74) is 5.78. The molecule has 3 rings (SSSR count). The number of nitrogens with one attached hydrogen (secondary N) is 1. The average molecular weight is 359 g/mol. The summed E-state index contributed by atoms with van der Waals surface area (Å²) in [6.45, 7) is 6.29. The van der Waals surface area contributed by atoms with Crippen molar-refractivity contribution in [3.8, 4) is 5.88 Å². The molecule has 26 heavy (non-hydrogen) atoms. The summed E-state index contributed by atoms with van der Waals surface area (Å²) in [6.07, 6.45) is 5.15. The first-order chi connectivity index (χ1) is 12.3. The van der Waals surface area contributed by atoms with E-state index in [0.29, 0.717) is 30.7 Å². The third kappa shape index (κ3) is 4.54. The minimum atomic E-state index is -1.10. The third-order valence-electron chi connectivity index (χ3n) is 5.04. The van der Waals surface area contributed by atoms with E-state index in [1.54, 1.807) is 13.0 Å². The normalized spacial score (nSPS) is 19.1. The SMILES string of the molecule is CC(C)CC(C)(NC(=O)c1ccc(C2CC2)c(OCC2CC2)n1)C(N)=O. The molecular weight excluding hydrogens is 330 g/mol. The highest BCUT2D eigenvalue weighted by atomic mass is 16.5. The predicted octanol–water partition coefficient (Wildman–Crippen LogP) is 2.77. The molecule has 0 bridgehead atoms. The summed E-state index contributed by atoms with van der Waals surface area (Å²) in [7, 11) is 0. The van der Waals surface area contributed by atoms with E-state index in [9.17, 15) is 9.59 Å². The highest BCUT2D eigenvalue weighted by Gasteiger charge is 2.35. The molecule has 0 saturated heterocycles. The van der Waals surface area contributed by atoms with Gasteiger partial charge < -0.3 is 15.8 Å². The van der Waals surface area contributed by atoms with Crippen LogP contribution in [0.4, 0.5) is 0 Å². The van der Waals surface area contributed by atoms with Crippen LogP contribution in [0.3, 0.4) is 0 Å². The van der Waals surface area contributed by atoms with E-state index in [4.69, 9.17) is 10.5 Å². The number of hydrogen-bond acceptors (Lipinski definition) is 4. The van der Waals surface area contributed by atoms with Gasteiger partial charge in [0.1, 0.15) is 11.2 Å². The summed E-state index contributed by atoms with van der Waals surface area (Å²) in [6, 6.07) is 3.65. The second-order valence-electron chi connectivity index (χ2n) is 8.37. The van der Waals surface area contributed by atoms with Crippen LogP contribution in [0.15, 0.2) is 12.1 Å². The first-order valence-electron chi connectivity index (χ1n) is 9.54. The van der Waals surface area contributed by atoms with E-state index in [0.717, 1.165) is 18.4 Å². The maximum Gasteiger partial charge on any atom is 0.270 e. The lowest BCUT2D eigenvalue weighted by Gasteiger charge is -2.29. The van der Waals surface area contributed by atoms with E-state index >= 15 is 0 Å². The van der Waals surface area contributed by atoms with Crippen LogP contribution in [0.2, 0.25) is 0 Å². The number of hydrogen-bond donors (Lipinski definition) is 2. The number of ether oxygens (including phenoxy) is 1. The average Bonchev–Trinajstić information content (AvgIpc) is 3.46. The Morgan fingerprint density at radius 1 is 1.31 bits per heavy atom. The molecule has 2 aliphatic carbocycles. The van der Waals surface area contributed by atoms with Gasteiger partial charge in [-0.05, 0) is 62.8 Å². The largest absolute Gasteiger partial charge is 0.477 e. The number of primary amides is 1. The van der Waals surface area contributed by atoms with Crippen LogP contribution >= 0.6 is 0 Å². The second-order valence-corrected chi connectivity index (χ2v) is 8.37. The number of nitrogens with zero attached hydrogens (tertiary/aromatic N) is 1. The monoisotopic (exact) mass is 359 g/mol. The van der Waals surface area contributed by atoms with Crippen LogP contribution in [-0.4, -0.2) is 28.9 Å². The molecule has 6 nitrogen and oxygen atoms in total. The van der Waals surface area contributed by atoms with Gasteiger partial charge in [0.15, 0.2) is 0 Å². The Balaban J connectivity index is 1.77. The molecule has 142 valence electrons. The molecule has 1 unspecified atom stereocenters. The van der Waals surface area contributed by atoms with Gasteiger partial charge in [-0.25, -0.2) is 4.98 Å². The number of pyridine rings is 1.